The zero-order valence-electron chi connectivity index (χ0n) is 29.5. The fourth-order valence-corrected chi connectivity index (χ4v) is 8.00. The molecule has 0 amide bonds. The molecule has 0 saturated heterocycles. The molecule has 0 aliphatic carbocycles. The van der Waals surface area contributed by atoms with E-state index in [0.717, 1.165) is 93.5 Å². The molecule has 3 heterocycles. The van der Waals surface area contributed by atoms with Crippen molar-refractivity contribution in [2.24, 2.45) is 0 Å². The van der Waals surface area contributed by atoms with Gasteiger partial charge in [0.1, 0.15) is 11.2 Å². The minimum Gasteiger partial charge on any atom is -0.456 e. The van der Waals surface area contributed by atoms with Crippen molar-refractivity contribution in [3.63, 3.8) is 0 Å². The second-order valence-corrected chi connectivity index (χ2v) is 13.8. The lowest BCUT2D eigenvalue weighted by atomic mass is 9.89. The molecule has 11 rings (SSSR count). The van der Waals surface area contributed by atoms with Crippen LogP contribution < -0.4 is 0 Å². The van der Waals surface area contributed by atoms with Crippen LogP contribution in [0.5, 0.6) is 0 Å². The van der Waals surface area contributed by atoms with Gasteiger partial charge in [-0.25, -0.2) is 19.9 Å². The Morgan fingerprint density at radius 1 is 0.345 bits per heavy atom. The molecule has 8 aromatic carbocycles. The third-order valence-electron chi connectivity index (χ3n) is 10.5. The van der Waals surface area contributed by atoms with Crippen LogP contribution in [-0.2, 0) is 0 Å². The Balaban J connectivity index is 1.18. The van der Waals surface area contributed by atoms with Gasteiger partial charge in [-0.2, -0.15) is 0 Å². The lowest BCUT2D eigenvalue weighted by Crippen LogP contribution is -2.01. The first-order valence-electron chi connectivity index (χ1n) is 18.4. The summed E-state index contributed by atoms with van der Waals surface area (Å²) in [6.07, 6.45) is 0. The van der Waals surface area contributed by atoms with Crippen LogP contribution >= 0.6 is 0 Å². The molecular weight excluding hydrogens is 673 g/mol. The minimum atomic E-state index is 0.591. The molecule has 0 saturated carbocycles. The lowest BCUT2D eigenvalue weighted by molar-refractivity contribution is 0.669. The van der Waals surface area contributed by atoms with E-state index < -0.39 is 0 Å². The SMILES string of the molecule is c1ccc(-c2nc(-c3cccc(-c4nc5ccccc5c5c(-c6ccccc6)c6c(cc45)oc4ccccc46)c3)nc(-c3cccc4ccccc34)n2)cc1. The highest BCUT2D eigenvalue weighted by molar-refractivity contribution is 6.27. The minimum absolute atomic E-state index is 0.591. The first-order chi connectivity index (χ1) is 27.3. The Morgan fingerprint density at radius 3 is 1.78 bits per heavy atom. The summed E-state index contributed by atoms with van der Waals surface area (Å²) < 4.78 is 6.60. The van der Waals surface area contributed by atoms with Crippen LogP contribution in [0.1, 0.15) is 0 Å². The quantitative estimate of drug-likeness (QED) is 0.167. The maximum absolute atomic E-state index is 6.60. The predicted molar refractivity (Wildman–Crippen MR) is 225 cm³/mol. The fraction of sp³-hybridized carbons (Fsp3) is 0. The molecule has 0 unspecified atom stereocenters. The van der Waals surface area contributed by atoms with E-state index in [2.05, 4.69) is 140 Å². The fourth-order valence-electron chi connectivity index (χ4n) is 8.00. The molecule has 0 fully saturated rings. The van der Waals surface area contributed by atoms with Crippen molar-refractivity contribution in [3.05, 3.63) is 182 Å². The highest BCUT2D eigenvalue weighted by Crippen LogP contribution is 2.46. The van der Waals surface area contributed by atoms with Crippen LogP contribution in [0.4, 0.5) is 0 Å². The number of nitrogens with zero attached hydrogens (tertiary/aromatic N) is 4. The summed E-state index contributed by atoms with van der Waals surface area (Å²) in [5.41, 5.74) is 9.44. The molecular formula is C50H30N4O. The van der Waals surface area contributed by atoms with Gasteiger partial charge in [-0.1, -0.05) is 158 Å². The summed E-state index contributed by atoms with van der Waals surface area (Å²) >= 11 is 0. The largest absolute Gasteiger partial charge is 0.456 e. The van der Waals surface area contributed by atoms with E-state index in [0.29, 0.717) is 17.5 Å². The number of para-hydroxylation sites is 2. The molecule has 0 aliphatic rings. The van der Waals surface area contributed by atoms with E-state index in [4.69, 9.17) is 24.4 Å². The van der Waals surface area contributed by atoms with Crippen LogP contribution in [0.2, 0.25) is 0 Å². The van der Waals surface area contributed by atoms with Crippen LogP contribution in [0, 0.1) is 0 Å². The Kier molecular flexibility index (Phi) is 7.10. The van der Waals surface area contributed by atoms with Crippen molar-refractivity contribution in [2.45, 2.75) is 0 Å². The number of rotatable bonds is 5. The molecule has 0 aliphatic heterocycles. The first-order valence-corrected chi connectivity index (χ1v) is 18.4. The van der Waals surface area contributed by atoms with Gasteiger partial charge < -0.3 is 4.42 Å². The van der Waals surface area contributed by atoms with Crippen LogP contribution in [-0.4, -0.2) is 19.9 Å². The topological polar surface area (TPSA) is 64.7 Å². The zero-order chi connectivity index (χ0) is 36.3. The standard InChI is InChI=1S/C50H30N4O/c1-3-16-32(17-4-1)44-45-38-24-9-11-27-41(38)51-47(40(45)30-43-46(44)39-25-10-12-28-42(39)55-43)34-21-13-22-35(29-34)49-52-48(33-18-5-2-6-19-33)53-50(54-49)37-26-14-20-31-15-7-8-23-36(31)37/h1-30H. The molecule has 0 radical (unpaired) electrons. The van der Waals surface area contributed by atoms with Gasteiger partial charge in [0, 0.05) is 54.7 Å². The Bertz CT molecular complexity index is 3260. The van der Waals surface area contributed by atoms with Crippen molar-refractivity contribution in [1.82, 2.24) is 19.9 Å². The molecule has 256 valence electrons. The molecule has 55 heavy (non-hydrogen) atoms. The predicted octanol–water partition coefficient (Wildman–Crippen LogP) is 13.0. The second-order valence-electron chi connectivity index (χ2n) is 13.8. The average Bonchev–Trinajstić information content (AvgIpc) is 3.64. The van der Waals surface area contributed by atoms with E-state index in [1.54, 1.807) is 0 Å². The molecule has 0 atom stereocenters. The Morgan fingerprint density at radius 2 is 0.945 bits per heavy atom. The Labute approximate surface area is 316 Å². The van der Waals surface area contributed by atoms with Crippen molar-refractivity contribution < 1.29 is 4.42 Å². The van der Waals surface area contributed by atoms with Crippen molar-refractivity contribution in [2.75, 3.05) is 0 Å². The maximum atomic E-state index is 6.60. The number of benzene rings is 8. The van der Waals surface area contributed by atoms with Gasteiger partial charge >= 0.3 is 0 Å². The highest BCUT2D eigenvalue weighted by Gasteiger charge is 2.22. The van der Waals surface area contributed by atoms with Gasteiger partial charge in [-0.15, -0.1) is 0 Å². The summed E-state index contributed by atoms with van der Waals surface area (Å²) in [7, 11) is 0. The van der Waals surface area contributed by atoms with Gasteiger partial charge in [-0.05, 0) is 40.6 Å². The first kappa shape index (κ1) is 31.1. The third-order valence-corrected chi connectivity index (χ3v) is 10.5. The van der Waals surface area contributed by atoms with Crippen molar-refractivity contribution in [3.8, 4) is 56.5 Å². The summed E-state index contributed by atoms with van der Waals surface area (Å²) in [6.45, 7) is 0. The monoisotopic (exact) mass is 702 g/mol. The number of hydrogen-bond acceptors (Lipinski definition) is 5. The Hall–Kier alpha value is -7.50. The van der Waals surface area contributed by atoms with Crippen LogP contribution in [0.25, 0.3) is 111 Å². The number of pyridine rings is 1. The van der Waals surface area contributed by atoms with Gasteiger partial charge in [0.05, 0.1) is 11.2 Å². The van der Waals surface area contributed by atoms with E-state index in [1.807, 2.05) is 42.5 Å². The zero-order valence-corrected chi connectivity index (χ0v) is 29.5. The number of hydrogen-bond donors (Lipinski definition) is 0. The highest BCUT2D eigenvalue weighted by atomic mass is 16.3. The van der Waals surface area contributed by atoms with Crippen molar-refractivity contribution in [1.29, 1.82) is 0 Å². The van der Waals surface area contributed by atoms with Gasteiger partial charge in [0.2, 0.25) is 0 Å². The molecule has 5 nitrogen and oxygen atoms in total. The van der Waals surface area contributed by atoms with E-state index >= 15 is 0 Å². The van der Waals surface area contributed by atoms with E-state index in [9.17, 15) is 0 Å². The van der Waals surface area contributed by atoms with Gasteiger partial charge in [0.15, 0.2) is 17.5 Å². The molecule has 11 aromatic rings. The number of furan rings is 1. The van der Waals surface area contributed by atoms with E-state index in [1.165, 1.54) is 0 Å². The second kappa shape index (κ2) is 12.6. The summed E-state index contributed by atoms with van der Waals surface area (Å²) in [6, 6.07) is 62.6. The van der Waals surface area contributed by atoms with Crippen molar-refractivity contribution >= 4 is 54.4 Å². The van der Waals surface area contributed by atoms with Crippen LogP contribution in [0.15, 0.2) is 186 Å². The molecule has 0 spiro atoms. The summed E-state index contributed by atoms with van der Waals surface area (Å²) in [4.78, 5) is 20.7. The molecule has 3 aromatic heterocycles. The molecule has 0 N–H and O–H groups in total. The summed E-state index contributed by atoms with van der Waals surface area (Å²) in [5.74, 6) is 1.83. The molecule has 0 bridgehead atoms. The normalized spacial score (nSPS) is 11.6. The van der Waals surface area contributed by atoms with Gasteiger partial charge in [0.25, 0.3) is 0 Å². The smallest absolute Gasteiger partial charge is 0.164 e. The summed E-state index contributed by atoms with van der Waals surface area (Å²) in [5, 5.41) is 7.66. The van der Waals surface area contributed by atoms with E-state index in [-0.39, 0.29) is 0 Å². The average molecular weight is 703 g/mol. The number of fused-ring (bicyclic) bond motifs is 7. The van der Waals surface area contributed by atoms with Crippen LogP contribution in [0.3, 0.4) is 0 Å². The van der Waals surface area contributed by atoms with Gasteiger partial charge in [-0.3, -0.25) is 0 Å². The maximum Gasteiger partial charge on any atom is 0.164 e. The lowest BCUT2D eigenvalue weighted by Gasteiger charge is -2.16. The molecule has 5 heteroatoms. The third kappa shape index (κ3) is 5.17. The number of aromatic nitrogens is 4.